The normalized spacial score (nSPS) is 10.5. The second-order valence-corrected chi connectivity index (χ2v) is 3.54. The maximum Gasteiger partial charge on any atom is 0.273 e. The van der Waals surface area contributed by atoms with Crippen LogP contribution in [0.4, 0.5) is 15.9 Å². The third kappa shape index (κ3) is 2.04. The van der Waals surface area contributed by atoms with E-state index in [1.54, 1.807) is 0 Å². The number of nitrogens with two attached hydrogens (primary N) is 1. The Balaban J connectivity index is 2.60. The summed E-state index contributed by atoms with van der Waals surface area (Å²) in [5.41, 5.74) is 5.04. The number of aromatic nitrogens is 1. The number of rotatable bonds is 2. The standard InChI is InChI=1S/C9H5ClFN3O3/c10-7-8(17-13-9(7)12)4-1-5(11)3-6(2-4)14(15)16/h1-3H,(H2,12,13). The van der Waals surface area contributed by atoms with Crippen LogP contribution in [0.5, 0.6) is 0 Å². The van der Waals surface area contributed by atoms with Crippen molar-refractivity contribution in [1.82, 2.24) is 5.16 Å². The SMILES string of the molecule is Nc1noc(-c2cc(F)cc([N+](=O)[O-])c2)c1Cl. The Hall–Kier alpha value is -2.15. The van der Waals surface area contributed by atoms with Crippen molar-refractivity contribution < 1.29 is 13.8 Å². The van der Waals surface area contributed by atoms with Crippen LogP contribution in [0.3, 0.4) is 0 Å². The molecule has 1 aromatic heterocycles. The van der Waals surface area contributed by atoms with Crippen LogP contribution < -0.4 is 5.73 Å². The maximum atomic E-state index is 13.2. The predicted molar refractivity (Wildman–Crippen MR) is 58.0 cm³/mol. The zero-order valence-corrected chi connectivity index (χ0v) is 8.94. The van der Waals surface area contributed by atoms with Gasteiger partial charge in [0, 0.05) is 11.6 Å². The van der Waals surface area contributed by atoms with Crippen molar-refractivity contribution in [2.75, 3.05) is 5.73 Å². The molecular formula is C9H5ClFN3O3. The summed E-state index contributed by atoms with van der Waals surface area (Å²) in [6, 6.07) is 2.95. The van der Waals surface area contributed by atoms with E-state index in [1.165, 1.54) is 0 Å². The summed E-state index contributed by atoms with van der Waals surface area (Å²) in [5, 5.41) is 13.9. The van der Waals surface area contributed by atoms with Gasteiger partial charge in [0.25, 0.3) is 5.69 Å². The molecule has 0 bridgehead atoms. The molecule has 1 heterocycles. The molecular weight excluding hydrogens is 253 g/mol. The van der Waals surface area contributed by atoms with Gasteiger partial charge >= 0.3 is 0 Å². The van der Waals surface area contributed by atoms with Crippen LogP contribution in [0, 0.1) is 15.9 Å². The summed E-state index contributed by atoms with van der Waals surface area (Å²) in [6.07, 6.45) is 0. The highest BCUT2D eigenvalue weighted by atomic mass is 35.5. The maximum absolute atomic E-state index is 13.2. The van der Waals surface area contributed by atoms with E-state index in [-0.39, 0.29) is 22.2 Å². The van der Waals surface area contributed by atoms with Gasteiger partial charge in [-0.1, -0.05) is 16.8 Å². The van der Waals surface area contributed by atoms with Gasteiger partial charge in [0.1, 0.15) is 10.8 Å². The molecule has 0 atom stereocenters. The third-order valence-electron chi connectivity index (χ3n) is 2.02. The average Bonchev–Trinajstić information content (AvgIpc) is 2.59. The first kappa shape index (κ1) is 11.3. The van der Waals surface area contributed by atoms with Crippen molar-refractivity contribution >= 4 is 23.1 Å². The number of nitro benzene ring substituents is 1. The second-order valence-electron chi connectivity index (χ2n) is 3.17. The molecule has 0 amide bonds. The van der Waals surface area contributed by atoms with Gasteiger partial charge in [-0.05, 0) is 6.07 Å². The van der Waals surface area contributed by atoms with Gasteiger partial charge in [0.05, 0.1) is 11.0 Å². The van der Waals surface area contributed by atoms with Gasteiger partial charge in [-0.15, -0.1) is 0 Å². The second kappa shape index (κ2) is 4.02. The van der Waals surface area contributed by atoms with E-state index >= 15 is 0 Å². The minimum atomic E-state index is -0.778. The fraction of sp³-hybridized carbons (Fsp3) is 0. The summed E-state index contributed by atoms with van der Waals surface area (Å²) >= 11 is 5.75. The molecule has 0 aliphatic rings. The lowest BCUT2D eigenvalue weighted by molar-refractivity contribution is -0.385. The number of halogens is 2. The zero-order valence-electron chi connectivity index (χ0n) is 8.18. The van der Waals surface area contributed by atoms with E-state index in [1.807, 2.05) is 0 Å². The predicted octanol–water partition coefficient (Wildman–Crippen LogP) is 2.62. The number of non-ortho nitro benzene ring substituents is 1. The van der Waals surface area contributed by atoms with E-state index in [9.17, 15) is 14.5 Å². The van der Waals surface area contributed by atoms with Crippen molar-refractivity contribution in [3.63, 3.8) is 0 Å². The summed E-state index contributed by atoms with van der Waals surface area (Å²) in [5.74, 6) is -0.847. The van der Waals surface area contributed by atoms with Gasteiger partial charge in [0.15, 0.2) is 11.6 Å². The van der Waals surface area contributed by atoms with Crippen molar-refractivity contribution in [2.24, 2.45) is 0 Å². The molecule has 0 unspecified atom stereocenters. The topological polar surface area (TPSA) is 95.2 Å². The lowest BCUT2D eigenvalue weighted by Gasteiger charge is -1.98. The van der Waals surface area contributed by atoms with Gasteiger partial charge in [-0.2, -0.15) is 0 Å². The van der Waals surface area contributed by atoms with Crippen molar-refractivity contribution in [3.8, 4) is 11.3 Å². The van der Waals surface area contributed by atoms with Crippen LogP contribution >= 0.6 is 11.6 Å². The molecule has 0 aliphatic heterocycles. The van der Waals surface area contributed by atoms with Gasteiger partial charge < -0.3 is 10.3 Å². The minimum Gasteiger partial charge on any atom is -0.380 e. The van der Waals surface area contributed by atoms with Crippen molar-refractivity contribution in [2.45, 2.75) is 0 Å². The first-order chi connectivity index (χ1) is 7.99. The zero-order chi connectivity index (χ0) is 12.6. The number of benzene rings is 1. The fourth-order valence-corrected chi connectivity index (χ4v) is 1.46. The molecule has 17 heavy (non-hydrogen) atoms. The average molecular weight is 258 g/mol. The highest BCUT2D eigenvalue weighted by Gasteiger charge is 2.18. The van der Waals surface area contributed by atoms with E-state index in [0.717, 1.165) is 18.2 Å². The summed E-state index contributed by atoms with van der Waals surface area (Å²) < 4.78 is 17.9. The molecule has 0 radical (unpaired) electrons. The Morgan fingerprint density at radius 1 is 1.47 bits per heavy atom. The summed E-state index contributed by atoms with van der Waals surface area (Å²) in [4.78, 5) is 9.84. The van der Waals surface area contributed by atoms with Crippen LogP contribution in [0.1, 0.15) is 0 Å². The molecule has 1 aromatic carbocycles. The smallest absolute Gasteiger partial charge is 0.273 e. The molecule has 0 saturated carbocycles. The van der Waals surface area contributed by atoms with Crippen LogP contribution in [0.25, 0.3) is 11.3 Å². The Bertz CT molecular complexity index is 599. The van der Waals surface area contributed by atoms with Crippen LogP contribution in [0.2, 0.25) is 5.02 Å². The quantitative estimate of drug-likeness (QED) is 0.659. The molecule has 0 fully saturated rings. The summed E-state index contributed by atoms with van der Waals surface area (Å²) in [6.45, 7) is 0. The van der Waals surface area contributed by atoms with E-state index in [4.69, 9.17) is 21.9 Å². The van der Waals surface area contributed by atoms with E-state index < -0.39 is 16.4 Å². The van der Waals surface area contributed by atoms with E-state index in [2.05, 4.69) is 5.16 Å². The number of nitrogens with zero attached hydrogens (tertiary/aromatic N) is 2. The van der Waals surface area contributed by atoms with E-state index in [0.29, 0.717) is 0 Å². The molecule has 88 valence electrons. The van der Waals surface area contributed by atoms with Gasteiger partial charge in [0.2, 0.25) is 0 Å². The number of anilines is 1. The highest BCUT2D eigenvalue weighted by molar-refractivity contribution is 6.35. The fourth-order valence-electron chi connectivity index (χ4n) is 1.28. The lowest BCUT2D eigenvalue weighted by Crippen LogP contribution is -1.90. The van der Waals surface area contributed by atoms with Crippen LogP contribution in [-0.4, -0.2) is 10.1 Å². The Labute approximate surface area is 98.9 Å². The molecule has 2 rings (SSSR count). The Kier molecular flexibility index (Phi) is 2.68. The molecule has 0 saturated heterocycles. The molecule has 2 aromatic rings. The number of nitrogen functional groups attached to an aromatic ring is 1. The molecule has 0 aliphatic carbocycles. The molecule has 2 N–H and O–H groups in total. The van der Waals surface area contributed by atoms with Crippen LogP contribution in [-0.2, 0) is 0 Å². The number of hydrogen-bond donors (Lipinski definition) is 1. The van der Waals surface area contributed by atoms with Gasteiger partial charge in [-0.3, -0.25) is 10.1 Å². The number of hydrogen-bond acceptors (Lipinski definition) is 5. The summed E-state index contributed by atoms with van der Waals surface area (Å²) in [7, 11) is 0. The first-order valence-corrected chi connectivity index (χ1v) is 4.73. The first-order valence-electron chi connectivity index (χ1n) is 4.35. The monoisotopic (exact) mass is 257 g/mol. The van der Waals surface area contributed by atoms with Crippen molar-refractivity contribution in [3.05, 3.63) is 39.2 Å². The largest absolute Gasteiger partial charge is 0.380 e. The lowest BCUT2D eigenvalue weighted by atomic mass is 10.1. The molecule has 6 nitrogen and oxygen atoms in total. The Morgan fingerprint density at radius 3 is 2.71 bits per heavy atom. The molecule has 8 heteroatoms. The third-order valence-corrected chi connectivity index (χ3v) is 2.38. The minimum absolute atomic E-state index is 0.00762. The highest BCUT2D eigenvalue weighted by Crippen LogP contribution is 2.34. The molecule has 0 spiro atoms. The number of nitro groups is 1. The van der Waals surface area contributed by atoms with Crippen LogP contribution in [0.15, 0.2) is 22.7 Å². The van der Waals surface area contributed by atoms with Crippen molar-refractivity contribution in [1.29, 1.82) is 0 Å². The van der Waals surface area contributed by atoms with Gasteiger partial charge in [-0.25, -0.2) is 4.39 Å². The Morgan fingerprint density at radius 2 is 2.18 bits per heavy atom.